The molecule has 1 unspecified atom stereocenters. The van der Waals surface area contributed by atoms with Crippen LogP contribution in [0.15, 0.2) is 59.8 Å². The number of nitrogens with zero attached hydrogens (tertiary/aromatic N) is 3. The van der Waals surface area contributed by atoms with E-state index in [9.17, 15) is 18.0 Å². The standard InChI is InChI=1S/C31H38N4O8S/c1-4-41-26-10-6-7-11-27(26)43-24-9-8-15-35(21-24)31-33-19-23(20-34-31)30(37)32-18-22-12-13-25(17-28(22)40-3)44(38,39)16-14-29(36)42-5-2/h6-7,10-13,17,19-20,24H,4-5,8-9,14-16,18,21H2,1-3H3,(H,32,37). The molecule has 1 aromatic heterocycles. The van der Waals surface area contributed by atoms with Crippen molar-refractivity contribution in [2.45, 2.75) is 50.7 Å². The molecule has 1 aliphatic rings. The number of nitrogens with one attached hydrogen (secondary N) is 1. The van der Waals surface area contributed by atoms with Gasteiger partial charge in [0.2, 0.25) is 5.95 Å². The van der Waals surface area contributed by atoms with Gasteiger partial charge in [-0.15, -0.1) is 0 Å². The third kappa shape index (κ3) is 8.59. The molecule has 3 aromatic rings. The Kier molecular flexibility index (Phi) is 11.4. The fraction of sp³-hybridized carbons (Fsp3) is 0.419. The Balaban J connectivity index is 1.34. The number of amides is 1. The van der Waals surface area contributed by atoms with Crippen LogP contribution in [0.1, 0.15) is 49.0 Å². The first-order valence-corrected chi connectivity index (χ1v) is 16.2. The molecule has 13 heteroatoms. The lowest BCUT2D eigenvalue weighted by Gasteiger charge is -2.33. The zero-order valence-electron chi connectivity index (χ0n) is 25.2. The van der Waals surface area contributed by atoms with Gasteiger partial charge in [-0.2, -0.15) is 0 Å². The van der Waals surface area contributed by atoms with Gasteiger partial charge in [-0.1, -0.05) is 18.2 Å². The monoisotopic (exact) mass is 626 g/mol. The van der Waals surface area contributed by atoms with Gasteiger partial charge >= 0.3 is 5.97 Å². The van der Waals surface area contributed by atoms with Gasteiger partial charge in [-0.05, 0) is 51.0 Å². The molecule has 1 saturated heterocycles. The summed E-state index contributed by atoms with van der Waals surface area (Å²) < 4.78 is 47.5. The van der Waals surface area contributed by atoms with E-state index in [0.29, 0.717) is 41.9 Å². The minimum atomic E-state index is -3.74. The zero-order chi connectivity index (χ0) is 31.5. The number of anilines is 1. The van der Waals surface area contributed by atoms with Gasteiger partial charge in [0.1, 0.15) is 11.9 Å². The Morgan fingerprint density at radius 2 is 1.77 bits per heavy atom. The number of rotatable bonds is 14. The van der Waals surface area contributed by atoms with Crippen LogP contribution in [0.5, 0.6) is 17.2 Å². The second kappa shape index (κ2) is 15.4. The van der Waals surface area contributed by atoms with Gasteiger partial charge in [-0.3, -0.25) is 9.59 Å². The van der Waals surface area contributed by atoms with Crippen molar-refractivity contribution >= 4 is 27.7 Å². The molecule has 44 heavy (non-hydrogen) atoms. The van der Waals surface area contributed by atoms with Gasteiger partial charge in [0.15, 0.2) is 21.3 Å². The third-order valence-electron chi connectivity index (χ3n) is 6.94. The highest BCUT2D eigenvalue weighted by Crippen LogP contribution is 2.30. The second-order valence-corrected chi connectivity index (χ2v) is 12.1. The highest BCUT2D eigenvalue weighted by Gasteiger charge is 2.25. The van der Waals surface area contributed by atoms with E-state index in [0.717, 1.165) is 19.4 Å². The van der Waals surface area contributed by atoms with Crippen LogP contribution < -0.4 is 24.4 Å². The molecule has 0 saturated carbocycles. The highest BCUT2D eigenvalue weighted by molar-refractivity contribution is 7.91. The summed E-state index contributed by atoms with van der Waals surface area (Å²) in [7, 11) is -2.32. The van der Waals surface area contributed by atoms with Crippen LogP contribution in [0.3, 0.4) is 0 Å². The summed E-state index contributed by atoms with van der Waals surface area (Å²) in [6.45, 7) is 5.78. The number of esters is 1. The molecule has 1 aliphatic heterocycles. The Hall–Kier alpha value is -4.39. The second-order valence-electron chi connectivity index (χ2n) is 10.0. The molecule has 0 radical (unpaired) electrons. The highest BCUT2D eigenvalue weighted by atomic mass is 32.2. The van der Waals surface area contributed by atoms with Gasteiger partial charge < -0.3 is 29.2 Å². The Morgan fingerprint density at radius 1 is 1.02 bits per heavy atom. The topological polar surface area (TPSA) is 146 Å². The van der Waals surface area contributed by atoms with Crippen molar-refractivity contribution in [3.05, 3.63) is 66.0 Å². The summed E-state index contributed by atoms with van der Waals surface area (Å²) in [6.07, 6.45) is 4.44. The van der Waals surface area contributed by atoms with Gasteiger partial charge in [0.25, 0.3) is 5.91 Å². The maximum atomic E-state index is 12.9. The van der Waals surface area contributed by atoms with E-state index < -0.39 is 21.7 Å². The molecule has 1 fully saturated rings. The van der Waals surface area contributed by atoms with Crippen LogP contribution in [0, 0.1) is 0 Å². The van der Waals surface area contributed by atoms with E-state index >= 15 is 0 Å². The van der Waals surface area contributed by atoms with Crippen molar-refractivity contribution in [2.75, 3.05) is 44.1 Å². The quantitative estimate of drug-likeness (QED) is 0.262. The van der Waals surface area contributed by atoms with Crippen LogP contribution in [0.25, 0.3) is 0 Å². The van der Waals surface area contributed by atoms with E-state index in [1.54, 1.807) is 13.0 Å². The van der Waals surface area contributed by atoms with E-state index in [1.165, 1.54) is 31.6 Å². The van der Waals surface area contributed by atoms with E-state index in [4.69, 9.17) is 18.9 Å². The number of piperidine rings is 1. The van der Waals surface area contributed by atoms with Crippen LogP contribution >= 0.6 is 0 Å². The first kappa shape index (κ1) is 32.5. The fourth-order valence-corrected chi connectivity index (χ4v) is 5.96. The van der Waals surface area contributed by atoms with E-state index in [-0.39, 0.29) is 41.9 Å². The molecule has 2 aromatic carbocycles. The smallest absolute Gasteiger partial charge is 0.306 e. The zero-order valence-corrected chi connectivity index (χ0v) is 26.0. The summed E-state index contributed by atoms with van der Waals surface area (Å²) >= 11 is 0. The van der Waals surface area contributed by atoms with Crippen LogP contribution in [0.4, 0.5) is 5.95 Å². The lowest BCUT2D eigenvalue weighted by molar-refractivity contribution is -0.142. The van der Waals surface area contributed by atoms with Gasteiger partial charge in [-0.25, -0.2) is 18.4 Å². The number of carbonyl (C=O) groups is 2. The number of hydrogen-bond acceptors (Lipinski definition) is 11. The number of methoxy groups -OCH3 is 1. The van der Waals surface area contributed by atoms with Crippen LogP contribution in [-0.4, -0.2) is 75.5 Å². The molecular formula is C31H38N4O8S. The Bertz CT molecular complexity index is 1530. The molecule has 0 aliphatic carbocycles. The number of para-hydroxylation sites is 2. The molecule has 1 N–H and O–H groups in total. The minimum Gasteiger partial charge on any atom is -0.496 e. The molecular weight excluding hydrogens is 588 g/mol. The maximum Gasteiger partial charge on any atom is 0.306 e. The Morgan fingerprint density at radius 3 is 2.48 bits per heavy atom. The summed E-state index contributed by atoms with van der Waals surface area (Å²) in [5, 5.41) is 2.80. The molecule has 1 amide bonds. The summed E-state index contributed by atoms with van der Waals surface area (Å²) in [5.74, 6) is 0.868. The molecule has 12 nitrogen and oxygen atoms in total. The minimum absolute atomic E-state index is 0.0153. The van der Waals surface area contributed by atoms with E-state index in [2.05, 4.69) is 15.3 Å². The van der Waals surface area contributed by atoms with Gasteiger partial charge in [0.05, 0.1) is 49.5 Å². The number of sulfone groups is 1. The molecule has 2 heterocycles. The van der Waals surface area contributed by atoms with Crippen molar-refractivity contribution in [1.82, 2.24) is 15.3 Å². The largest absolute Gasteiger partial charge is 0.496 e. The summed E-state index contributed by atoms with van der Waals surface area (Å²) in [5.41, 5.74) is 0.856. The SMILES string of the molecule is CCOC(=O)CCS(=O)(=O)c1ccc(CNC(=O)c2cnc(N3CCCC(Oc4ccccc4OCC)C3)nc2)c(OC)c1. The van der Waals surface area contributed by atoms with Crippen molar-refractivity contribution in [1.29, 1.82) is 0 Å². The average molecular weight is 627 g/mol. The first-order valence-electron chi connectivity index (χ1n) is 14.5. The molecule has 1 atom stereocenters. The predicted octanol–water partition coefficient (Wildman–Crippen LogP) is 3.59. The van der Waals surface area contributed by atoms with Crippen molar-refractivity contribution < 1.29 is 37.0 Å². The van der Waals surface area contributed by atoms with Crippen LogP contribution in [-0.2, 0) is 25.9 Å². The number of hydrogen-bond donors (Lipinski definition) is 1. The molecule has 0 spiro atoms. The first-order chi connectivity index (χ1) is 21.2. The number of aromatic nitrogens is 2. The third-order valence-corrected chi connectivity index (χ3v) is 8.66. The fourth-order valence-electron chi connectivity index (χ4n) is 4.73. The van der Waals surface area contributed by atoms with Crippen LogP contribution in [0.2, 0.25) is 0 Å². The lowest BCUT2D eigenvalue weighted by atomic mass is 10.1. The number of benzene rings is 2. The van der Waals surface area contributed by atoms with Crippen molar-refractivity contribution in [3.8, 4) is 17.2 Å². The normalized spacial score (nSPS) is 14.9. The summed E-state index contributed by atoms with van der Waals surface area (Å²) in [6, 6.07) is 12.0. The van der Waals surface area contributed by atoms with E-state index in [1.807, 2.05) is 36.1 Å². The lowest BCUT2D eigenvalue weighted by Crippen LogP contribution is -2.42. The average Bonchev–Trinajstić information content (AvgIpc) is 3.04. The Labute approximate surface area is 257 Å². The molecule has 4 rings (SSSR count). The molecule has 0 bridgehead atoms. The van der Waals surface area contributed by atoms with Gasteiger partial charge in [0, 0.05) is 31.0 Å². The summed E-state index contributed by atoms with van der Waals surface area (Å²) in [4.78, 5) is 35.4. The molecule has 236 valence electrons. The number of carbonyl (C=O) groups excluding carboxylic acids is 2. The predicted molar refractivity (Wildman–Crippen MR) is 163 cm³/mol. The van der Waals surface area contributed by atoms with Crippen molar-refractivity contribution in [3.63, 3.8) is 0 Å². The van der Waals surface area contributed by atoms with Crippen molar-refractivity contribution in [2.24, 2.45) is 0 Å². The maximum absolute atomic E-state index is 12.9. The number of ether oxygens (including phenoxy) is 4.